The van der Waals surface area contributed by atoms with Gasteiger partial charge in [0.15, 0.2) is 5.13 Å². The predicted molar refractivity (Wildman–Crippen MR) is 117 cm³/mol. The number of nitriles is 1. The Morgan fingerprint density at radius 1 is 1.10 bits per heavy atom. The van der Waals surface area contributed by atoms with Crippen molar-refractivity contribution in [3.05, 3.63) is 100 Å². The summed E-state index contributed by atoms with van der Waals surface area (Å²) < 4.78 is 13.0. The van der Waals surface area contributed by atoms with Crippen LogP contribution in [-0.2, 0) is 11.2 Å². The number of nitrogens with zero attached hydrogens (tertiary/aromatic N) is 2. The lowest BCUT2D eigenvalue weighted by molar-refractivity contribution is -0.112. The highest BCUT2D eigenvalue weighted by molar-refractivity contribution is 7.15. The van der Waals surface area contributed by atoms with Crippen LogP contribution in [0.2, 0.25) is 0 Å². The van der Waals surface area contributed by atoms with Crippen molar-refractivity contribution in [2.45, 2.75) is 6.42 Å². The standard InChI is InChI=1S/C24H16FN3OS/c25-20-10-8-16(9-11-20)12-21-15-27-24(30-21)28-23(29)19(14-26)13-18-6-3-5-17-4-1-2-7-22(17)18/h1-11,13,15H,12H2,(H,27,28,29)/b19-13-. The van der Waals surface area contributed by atoms with Gasteiger partial charge in [0.25, 0.3) is 5.91 Å². The number of hydrogen-bond donors (Lipinski definition) is 1. The summed E-state index contributed by atoms with van der Waals surface area (Å²) in [5, 5.41) is 14.6. The van der Waals surface area contributed by atoms with E-state index in [0.717, 1.165) is 26.8 Å². The summed E-state index contributed by atoms with van der Waals surface area (Å²) in [5.74, 6) is -0.786. The molecule has 146 valence electrons. The molecule has 4 nitrogen and oxygen atoms in total. The molecular formula is C24H16FN3OS. The molecule has 1 amide bonds. The lowest BCUT2D eigenvalue weighted by Crippen LogP contribution is -2.13. The van der Waals surface area contributed by atoms with Gasteiger partial charge < -0.3 is 0 Å². The first kappa shape index (κ1) is 19.5. The third-order valence-electron chi connectivity index (χ3n) is 4.55. The summed E-state index contributed by atoms with van der Waals surface area (Å²) in [7, 11) is 0. The van der Waals surface area contributed by atoms with E-state index in [1.165, 1.54) is 23.5 Å². The molecule has 0 atom stereocenters. The van der Waals surface area contributed by atoms with Gasteiger partial charge in [-0.15, -0.1) is 11.3 Å². The molecule has 0 fully saturated rings. The van der Waals surface area contributed by atoms with Gasteiger partial charge in [-0.1, -0.05) is 54.6 Å². The molecule has 30 heavy (non-hydrogen) atoms. The molecule has 4 rings (SSSR count). The van der Waals surface area contributed by atoms with Crippen molar-refractivity contribution in [1.29, 1.82) is 5.26 Å². The van der Waals surface area contributed by atoms with E-state index in [0.29, 0.717) is 11.6 Å². The van der Waals surface area contributed by atoms with Gasteiger partial charge in [0, 0.05) is 17.5 Å². The SMILES string of the molecule is N#C/C(=C/c1cccc2ccccc12)C(=O)Nc1ncc(Cc2ccc(F)cc2)s1. The van der Waals surface area contributed by atoms with Gasteiger partial charge in [0.1, 0.15) is 17.5 Å². The van der Waals surface area contributed by atoms with E-state index in [2.05, 4.69) is 10.3 Å². The molecule has 1 heterocycles. The Balaban J connectivity index is 1.51. The van der Waals surface area contributed by atoms with Crippen LogP contribution in [0.4, 0.5) is 9.52 Å². The molecule has 0 spiro atoms. The number of hydrogen-bond acceptors (Lipinski definition) is 4. The molecule has 1 N–H and O–H groups in total. The van der Waals surface area contributed by atoms with Crippen molar-refractivity contribution in [2.75, 3.05) is 5.32 Å². The summed E-state index contributed by atoms with van der Waals surface area (Å²) in [5.41, 5.74) is 1.75. The molecule has 0 aliphatic carbocycles. The second-order valence-corrected chi connectivity index (χ2v) is 7.74. The summed E-state index contributed by atoms with van der Waals surface area (Å²) in [6.45, 7) is 0. The Kier molecular flexibility index (Phi) is 5.64. The molecule has 0 aliphatic rings. The highest BCUT2D eigenvalue weighted by atomic mass is 32.1. The Labute approximate surface area is 176 Å². The number of thiazole rings is 1. The maximum absolute atomic E-state index is 13.0. The van der Waals surface area contributed by atoms with E-state index in [1.807, 2.05) is 48.5 Å². The average Bonchev–Trinajstić information content (AvgIpc) is 3.20. The first-order chi connectivity index (χ1) is 14.6. The first-order valence-corrected chi connectivity index (χ1v) is 10.0. The van der Waals surface area contributed by atoms with Crippen LogP contribution < -0.4 is 5.32 Å². The molecule has 3 aromatic carbocycles. The lowest BCUT2D eigenvalue weighted by atomic mass is 10.0. The summed E-state index contributed by atoms with van der Waals surface area (Å²) >= 11 is 1.32. The van der Waals surface area contributed by atoms with Crippen LogP contribution in [0.3, 0.4) is 0 Å². The molecule has 0 aliphatic heterocycles. The van der Waals surface area contributed by atoms with Gasteiger partial charge in [0.2, 0.25) is 0 Å². The van der Waals surface area contributed by atoms with Crippen molar-refractivity contribution in [3.63, 3.8) is 0 Å². The number of fused-ring (bicyclic) bond motifs is 1. The topological polar surface area (TPSA) is 65.8 Å². The van der Waals surface area contributed by atoms with Crippen LogP contribution in [-0.4, -0.2) is 10.9 Å². The zero-order chi connectivity index (χ0) is 20.9. The van der Waals surface area contributed by atoms with Gasteiger partial charge in [0.05, 0.1) is 0 Å². The van der Waals surface area contributed by atoms with Gasteiger partial charge in [-0.05, 0) is 40.1 Å². The fourth-order valence-corrected chi connectivity index (χ4v) is 3.94. The van der Waals surface area contributed by atoms with E-state index in [9.17, 15) is 14.4 Å². The Hall–Kier alpha value is -3.82. The van der Waals surface area contributed by atoms with Gasteiger partial charge in [-0.2, -0.15) is 5.26 Å². The molecule has 4 aromatic rings. The minimum absolute atomic E-state index is 0.00152. The fourth-order valence-electron chi connectivity index (χ4n) is 3.10. The van der Waals surface area contributed by atoms with Crippen LogP contribution >= 0.6 is 11.3 Å². The Bertz CT molecular complexity index is 1280. The number of aromatic nitrogens is 1. The highest BCUT2D eigenvalue weighted by Gasteiger charge is 2.13. The van der Waals surface area contributed by atoms with Gasteiger partial charge >= 0.3 is 0 Å². The number of nitrogens with one attached hydrogen (secondary N) is 1. The van der Waals surface area contributed by atoms with E-state index in [-0.39, 0.29) is 11.4 Å². The number of anilines is 1. The van der Waals surface area contributed by atoms with E-state index >= 15 is 0 Å². The number of rotatable bonds is 5. The van der Waals surface area contributed by atoms with Crippen LogP contribution in [0.25, 0.3) is 16.8 Å². The molecule has 0 saturated carbocycles. The second kappa shape index (κ2) is 8.68. The van der Waals surface area contributed by atoms with E-state index in [4.69, 9.17) is 0 Å². The van der Waals surface area contributed by atoms with E-state index < -0.39 is 5.91 Å². The smallest absolute Gasteiger partial charge is 0.268 e. The molecule has 0 saturated heterocycles. The molecular weight excluding hydrogens is 397 g/mol. The zero-order valence-corrected chi connectivity index (χ0v) is 16.6. The van der Waals surface area contributed by atoms with Crippen LogP contribution in [0, 0.1) is 17.1 Å². The van der Waals surface area contributed by atoms with Crippen molar-refractivity contribution >= 4 is 39.2 Å². The second-order valence-electron chi connectivity index (χ2n) is 6.63. The third-order valence-corrected chi connectivity index (χ3v) is 5.47. The van der Waals surface area contributed by atoms with Crippen LogP contribution in [0.5, 0.6) is 0 Å². The Morgan fingerprint density at radius 3 is 2.67 bits per heavy atom. The molecule has 0 radical (unpaired) electrons. The predicted octanol–water partition coefficient (Wildman–Crippen LogP) is 5.57. The number of carbonyl (C=O) groups is 1. The monoisotopic (exact) mass is 413 g/mol. The van der Waals surface area contributed by atoms with Crippen LogP contribution in [0.15, 0.2) is 78.5 Å². The lowest BCUT2D eigenvalue weighted by Gasteiger charge is -2.04. The average molecular weight is 413 g/mol. The zero-order valence-electron chi connectivity index (χ0n) is 15.8. The van der Waals surface area contributed by atoms with Gasteiger partial charge in [-0.25, -0.2) is 9.37 Å². The number of halogens is 1. The van der Waals surface area contributed by atoms with Crippen molar-refractivity contribution in [2.24, 2.45) is 0 Å². The largest absolute Gasteiger partial charge is 0.297 e. The summed E-state index contributed by atoms with van der Waals surface area (Å²) in [6.07, 6.45) is 3.85. The fraction of sp³-hybridized carbons (Fsp3) is 0.0417. The van der Waals surface area contributed by atoms with Crippen molar-refractivity contribution in [3.8, 4) is 6.07 Å². The number of benzene rings is 3. The minimum atomic E-state index is -0.506. The van der Waals surface area contributed by atoms with Crippen molar-refractivity contribution in [1.82, 2.24) is 4.98 Å². The quantitative estimate of drug-likeness (QED) is 0.343. The number of amides is 1. The maximum atomic E-state index is 13.0. The van der Waals surface area contributed by atoms with Crippen LogP contribution in [0.1, 0.15) is 16.0 Å². The highest BCUT2D eigenvalue weighted by Crippen LogP contribution is 2.24. The summed E-state index contributed by atoms with van der Waals surface area (Å²) in [6, 6.07) is 21.8. The Morgan fingerprint density at radius 2 is 1.87 bits per heavy atom. The number of carbonyl (C=O) groups excluding carboxylic acids is 1. The first-order valence-electron chi connectivity index (χ1n) is 9.22. The molecule has 1 aromatic heterocycles. The third kappa shape index (κ3) is 4.43. The normalized spacial score (nSPS) is 11.3. The minimum Gasteiger partial charge on any atom is -0.297 e. The van der Waals surface area contributed by atoms with Gasteiger partial charge in [-0.3, -0.25) is 10.1 Å². The van der Waals surface area contributed by atoms with E-state index in [1.54, 1.807) is 24.4 Å². The summed E-state index contributed by atoms with van der Waals surface area (Å²) in [4.78, 5) is 17.8. The molecule has 6 heteroatoms. The van der Waals surface area contributed by atoms with Crippen molar-refractivity contribution < 1.29 is 9.18 Å². The maximum Gasteiger partial charge on any atom is 0.268 e. The molecule has 0 bridgehead atoms. The molecule has 0 unspecified atom stereocenters.